The lowest BCUT2D eigenvalue weighted by Gasteiger charge is -2.20. The number of carboxylic acid groups (broad SMARTS) is 1. The SMILES string of the molecule is O=C(Nc1cccc2c1CCCC2)[C@@H]1CC[C@H](C(=O)O)O1. The third-order valence-electron chi connectivity index (χ3n) is 4.24. The normalized spacial score (nSPS) is 24.4. The monoisotopic (exact) mass is 289 g/mol. The molecule has 1 aliphatic carbocycles. The van der Waals surface area contributed by atoms with Crippen molar-refractivity contribution >= 4 is 17.6 Å². The van der Waals surface area contributed by atoms with Crippen LogP contribution in [0, 0.1) is 0 Å². The van der Waals surface area contributed by atoms with Gasteiger partial charge in [0.1, 0.15) is 6.10 Å². The number of fused-ring (bicyclic) bond motifs is 1. The molecular formula is C16H19NO4. The number of hydrogen-bond acceptors (Lipinski definition) is 3. The third kappa shape index (κ3) is 2.93. The molecule has 5 heteroatoms. The molecule has 2 aliphatic rings. The summed E-state index contributed by atoms with van der Waals surface area (Å²) in [4.78, 5) is 23.1. The Morgan fingerprint density at radius 2 is 1.90 bits per heavy atom. The zero-order valence-electron chi connectivity index (χ0n) is 11.8. The van der Waals surface area contributed by atoms with Crippen LogP contribution in [-0.2, 0) is 27.2 Å². The van der Waals surface area contributed by atoms with Crippen molar-refractivity contribution < 1.29 is 19.4 Å². The number of aliphatic carboxylic acids is 1. The molecule has 0 radical (unpaired) electrons. The van der Waals surface area contributed by atoms with Crippen LogP contribution in [0.2, 0.25) is 0 Å². The van der Waals surface area contributed by atoms with E-state index in [-0.39, 0.29) is 5.91 Å². The van der Waals surface area contributed by atoms with Gasteiger partial charge < -0.3 is 15.2 Å². The lowest BCUT2D eigenvalue weighted by atomic mass is 9.90. The second-order valence-corrected chi connectivity index (χ2v) is 5.67. The van der Waals surface area contributed by atoms with Crippen LogP contribution in [-0.4, -0.2) is 29.2 Å². The van der Waals surface area contributed by atoms with Crippen LogP contribution in [0.1, 0.15) is 36.8 Å². The maximum absolute atomic E-state index is 12.2. The minimum Gasteiger partial charge on any atom is -0.479 e. The predicted molar refractivity (Wildman–Crippen MR) is 77.2 cm³/mol. The molecule has 0 aromatic heterocycles. The van der Waals surface area contributed by atoms with Crippen LogP contribution < -0.4 is 5.32 Å². The third-order valence-corrected chi connectivity index (χ3v) is 4.24. The maximum Gasteiger partial charge on any atom is 0.332 e. The average molecular weight is 289 g/mol. The Balaban J connectivity index is 1.70. The molecule has 1 aromatic rings. The lowest BCUT2D eigenvalue weighted by Crippen LogP contribution is -2.30. The molecule has 1 fully saturated rings. The van der Waals surface area contributed by atoms with E-state index in [1.165, 1.54) is 17.5 Å². The van der Waals surface area contributed by atoms with E-state index in [0.29, 0.717) is 12.8 Å². The topological polar surface area (TPSA) is 75.6 Å². The van der Waals surface area contributed by atoms with E-state index in [9.17, 15) is 9.59 Å². The molecule has 2 atom stereocenters. The molecule has 5 nitrogen and oxygen atoms in total. The van der Waals surface area contributed by atoms with E-state index in [0.717, 1.165) is 24.9 Å². The summed E-state index contributed by atoms with van der Waals surface area (Å²) in [6.07, 6.45) is 3.70. The van der Waals surface area contributed by atoms with Crippen LogP contribution in [0.4, 0.5) is 5.69 Å². The van der Waals surface area contributed by atoms with Crippen molar-refractivity contribution in [3.05, 3.63) is 29.3 Å². The minimum absolute atomic E-state index is 0.238. The summed E-state index contributed by atoms with van der Waals surface area (Å²) in [5, 5.41) is 11.8. The first-order valence-electron chi connectivity index (χ1n) is 7.45. The summed E-state index contributed by atoms with van der Waals surface area (Å²) in [7, 11) is 0. The molecule has 0 bridgehead atoms. The van der Waals surface area contributed by atoms with Crippen molar-refractivity contribution in [3.63, 3.8) is 0 Å². The van der Waals surface area contributed by atoms with Gasteiger partial charge in [-0.2, -0.15) is 0 Å². The first-order chi connectivity index (χ1) is 10.1. The van der Waals surface area contributed by atoms with Crippen molar-refractivity contribution in [2.75, 3.05) is 5.32 Å². The molecule has 1 aliphatic heterocycles. The Hall–Kier alpha value is -1.88. The van der Waals surface area contributed by atoms with Gasteiger partial charge >= 0.3 is 5.97 Å². The fourth-order valence-electron chi connectivity index (χ4n) is 3.12. The zero-order valence-corrected chi connectivity index (χ0v) is 11.8. The molecule has 0 spiro atoms. The number of ether oxygens (including phenoxy) is 1. The number of benzene rings is 1. The Morgan fingerprint density at radius 1 is 1.14 bits per heavy atom. The molecule has 112 valence electrons. The Kier molecular flexibility index (Phi) is 3.92. The molecule has 2 N–H and O–H groups in total. The number of carbonyl (C=O) groups excluding carboxylic acids is 1. The minimum atomic E-state index is -0.998. The smallest absolute Gasteiger partial charge is 0.332 e. The highest BCUT2D eigenvalue weighted by Gasteiger charge is 2.35. The van der Waals surface area contributed by atoms with Gasteiger partial charge in [-0.1, -0.05) is 12.1 Å². The van der Waals surface area contributed by atoms with E-state index in [1.54, 1.807) is 0 Å². The highest BCUT2D eigenvalue weighted by molar-refractivity contribution is 5.95. The fourth-order valence-corrected chi connectivity index (χ4v) is 3.12. The van der Waals surface area contributed by atoms with Crippen molar-refractivity contribution in [1.29, 1.82) is 0 Å². The van der Waals surface area contributed by atoms with Gasteiger partial charge in [-0.3, -0.25) is 4.79 Å². The van der Waals surface area contributed by atoms with Gasteiger partial charge in [-0.25, -0.2) is 4.79 Å². The largest absolute Gasteiger partial charge is 0.479 e. The Labute approximate surface area is 123 Å². The highest BCUT2D eigenvalue weighted by Crippen LogP contribution is 2.29. The van der Waals surface area contributed by atoms with Crippen LogP contribution in [0.15, 0.2) is 18.2 Å². The van der Waals surface area contributed by atoms with E-state index in [1.807, 2.05) is 12.1 Å². The van der Waals surface area contributed by atoms with Gasteiger partial charge in [-0.15, -0.1) is 0 Å². The summed E-state index contributed by atoms with van der Waals surface area (Å²) in [6.45, 7) is 0. The Bertz CT molecular complexity index is 569. The average Bonchev–Trinajstić information content (AvgIpc) is 2.98. The summed E-state index contributed by atoms with van der Waals surface area (Å²) in [5.41, 5.74) is 3.36. The van der Waals surface area contributed by atoms with Crippen LogP contribution in [0.3, 0.4) is 0 Å². The van der Waals surface area contributed by atoms with Gasteiger partial charge in [0.05, 0.1) is 0 Å². The van der Waals surface area contributed by atoms with Crippen LogP contribution in [0.25, 0.3) is 0 Å². The predicted octanol–water partition coefficient (Wildman–Crippen LogP) is 2.14. The van der Waals surface area contributed by atoms with E-state index >= 15 is 0 Å². The lowest BCUT2D eigenvalue weighted by molar-refractivity contribution is -0.150. The number of carboxylic acids is 1. The first-order valence-corrected chi connectivity index (χ1v) is 7.45. The molecule has 1 amide bonds. The molecule has 1 heterocycles. The fraction of sp³-hybridized carbons (Fsp3) is 0.500. The summed E-state index contributed by atoms with van der Waals surface area (Å²) >= 11 is 0. The first kappa shape index (κ1) is 14.1. The number of carbonyl (C=O) groups is 2. The number of aryl methyl sites for hydroxylation is 1. The second kappa shape index (κ2) is 5.85. The van der Waals surface area contributed by atoms with Crippen molar-refractivity contribution in [3.8, 4) is 0 Å². The molecule has 21 heavy (non-hydrogen) atoms. The van der Waals surface area contributed by atoms with Gasteiger partial charge in [0.2, 0.25) is 0 Å². The zero-order chi connectivity index (χ0) is 14.8. The van der Waals surface area contributed by atoms with Crippen molar-refractivity contribution in [1.82, 2.24) is 0 Å². The van der Waals surface area contributed by atoms with E-state index in [2.05, 4.69) is 11.4 Å². The molecule has 0 saturated carbocycles. The van der Waals surface area contributed by atoms with Gasteiger partial charge in [0, 0.05) is 5.69 Å². The molecule has 0 unspecified atom stereocenters. The molecule has 1 aromatic carbocycles. The van der Waals surface area contributed by atoms with E-state index < -0.39 is 18.2 Å². The summed E-state index contributed by atoms with van der Waals surface area (Å²) < 4.78 is 5.29. The number of anilines is 1. The second-order valence-electron chi connectivity index (χ2n) is 5.67. The Morgan fingerprint density at radius 3 is 2.67 bits per heavy atom. The summed E-state index contributed by atoms with van der Waals surface area (Å²) in [6, 6.07) is 5.97. The quantitative estimate of drug-likeness (QED) is 0.894. The van der Waals surface area contributed by atoms with Gasteiger partial charge in [-0.05, 0) is 55.7 Å². The molecule has 3 rings (SSSR count). The maximum atomic E-state index is 12.2. The number of rotatable bonds is 3. The van der Waals surface area contributed by atoms with E-state index in [4.69, 9.17) is 9.84 Å². The standard InChI is InChI=1S/C16H19NO4/c18-15(13-8-9-14(21-13)16(19)20)17-12-7-3-5-10-4-1-2-6-11(10)12/h3,5,7,13-14H,1-2,4,6,8-9H2,(H,17,18)(H,19,20)/t13-,14+/m0/s1. The van der Waals surface area contributed by atoms with Crippen molar-refractivity contribution in [2.24, 2.45) is 0 Å². The number of hydrogen-bond donors (Lipinski definition) is 2. The highest BCUT2D eigenvalue weighted by atomic mass is 16.5. The van der Waals surface area contributed by atoms with Gasteiger partial charge in [0.15, 0.2) is 6.10 Å². The van der Waals surface area contributed by atoms with Crippen molar-refractivity contribution in [2.45, 2.75) is 50.7 Å². The van der Waals surface area contributed by atoms with Gasteiger partial charge in [0.25, 0.3) is 5.91 Å². The molecular weight excluding hydrogens is 270 g/mol. The number of nitrogens with one attached hydrogen (secondary N) is 1. The molecule has 1 saturated heterocycles. The van der Waals surface area contributed by atoms with Crippen LogP contribution >= 0.6 is 0 Å². The van der Waals surface area contributed by atoms with Crippen LogP contribution in [0.5, 0.6) is 0 Å². The summed E-state index contributed by atoms with van der Waals surface area (Å²) in [5.74, 6) is -1.24. The number of amides is 1.